The molecule has 0 aliphatic carbocycles. The van der Waals surface area contributed by atoms with Crippen molar-refractivity contribution >= 4 is 11.9 Å². The summed E-state index contributed by atoms with van der Waals surface area (Å²) < 4.78 is 0. The van der Waals surface area contributed by atoms with Gasteiger partial charge in [-0.05, 0) is 25.3 Å². The Morgan fingerprint density at radius 1 is 1.15 bits per heavy atom. The monoisotopic (exact) mass is 285 g/mol. The Hall–Kier alpha value is -1.14. The van der Waals surface area contributed by atoms with E-state index in [4.69, 9.17) is 10.8 Å². The number of carboxylic acids is 1. The summed E-state index contributed by atoms with van der Waals surface area (Å²) in [6.45, 7) is 6.36. The number of carbonyl (C=O) groups excluding carboxylic acids is 1. The normalized spacial score (nSPS) is 18.0. The first kappa shape index (κ1) is 16.9. The zero-order valence-corrected chi connectivity index (χ0v) is 12.4. The fourth-order valence-corrected chi connectivity index (χ4v) is 2.43. The van der Waals surface area contributed by atoms with Crippen molar-refractivity contribution in [3.05, 3.63) is 0 Å². The Kier molecular flexibility index (Phi) is 7.54. The first-order valence-corrected chi connectivity index (χ1v) is 7.45. The molecule has 1 unspecified atom stereocenters. The molecule has 6 heteroatoms. The van der Waals surface area contributed by atoms with Crippen LogP contribution in [0.2, 0.25) is 0 Å². The van der Waals surface area contributed by atoms with Crippen molar-refractivity contribution in [3.63, 3.8) is 0 Å². The van der Waals surface area contributed by atoms with Crippen molar-refractivity contribution in [2.75, 3.05) is 39.3 Å². The molecule has 3 N–H and O–H groups in total. The lowest BCUT2D eigenvalue weighted by Crippen LogP contribution is -2.49. The molecule has 1 heterocycles. The van der Waals surface area contributed by atoms with Gasteiger partial charge in [0.15, 0.2) is 0 Å². The van der Waals surface area contributed by atoms with Crippen molar-refractivity contribution in [2.24, 2.45) is 11.7 Å². The number of amides is 1. The Labute approximate surface area is 120 Å². The van der Waals surface area contributed by atoms with Gasteiger partial charge in [0.05, 0.1) is 6.42 Å². The van der Waals surface area contributed by atoms with Crippen LogP contribution < -0.4 is 5.73 Å². The first-order valence-electron chi connectivity index (χ1n) is 7.45. The summed E-state index contributed by atoms with van der Waals surface area (Å²) in [5.74, 6) is -0.0510. The number of hydrogen-bond donors (Lipinski definition) is 2. The van der Waals surface area contributed by atoms with Crippen LogP contribution in [0.25, 0.3) is 0 Å². The Balaban J connectivity index is 2.20. The minimum absolute atomic E-state index is 0.171. The van der Waals surface area contributed by atoms with Gasteiger partial charge in [-0.1, -0.05) is 6.92 Å². The van der Waals surface area contributed by atoms with E-state index >= 15 is 0 Å². The van der Waals surface area contributed by atoms with Crippen LogP contribution in [-0.4, -0.2) is 66.1 Å². The molecular formula is C14H27N3O3. The van der Waals surface area contributed by atoms with Crippen LogP contribution in [0.3, 0.4) is 0 Å². The smallest absolute Gasteiger partial charge is 0.304 e. The molecule has 116 valence electrons. The van der Waals surface area contributed by atoms with Crippen LogP contribution in [-0.2, 0) is 9.59 Å². The second-order valence-corrected chi connectivity index (χ2v) is 5.59. The van der Waals surface area contributed by atoms with Crippen LogP contribution in [0.4, 0.5) is 0 Å². The number of piperazine rings is 1. The summed E-state index contributed by atoms with van der Waals surface area (Å²) in [4.78, 5) is 26.6. The van der Waals surface area contributed by atoms with Crippen molar-refractivity contribution in [1.29, 1.82) is 0 Å². The molecule has 0 radical (unpaired) electrons. The highest BCUT2D eigenvalue weighted by atomic mass is 16.4. The molecule has 6 nitrogen and oxygen atoms in total. The lowest BCUT2D eigenvalue weighted by Gasteiger charge is -2.34. The summed E-state index contributed by atoms with van der Waals surface area (Å²) in [5, 5.41) is 8.65. The molecule has 1 atom stereocenters. The molecule has 1 fully saturated rings. The van der Waals surface area contributed by atoms with Gasteiger partial charge in [-0.25, -0.2) is 0 Å². The Morgan fingerprint density at radius 3 is 2.35 bits per heavy atom. The quantitative estimate of drug-likeness (QED) is 0.673. The fourth-order valence-electron chi connectivity index (χ4n) is 2.43. The molecule has 20 heavy (non-hydrogen) atoms. The molecule has 1 aliphatic heterocycles. The highest BCUT2D eigenvalue weighted by Crippen LogP contribution is 2.12. The van der Waals surface area contributed by atoms with Crippen molar-refractivity contribution in [2.45, 2.75) is 32.6 Å². The molecular weight excluding hydrogens is 258 g/mol. The van der Waals surface area contributed by atoms with Gasteiger partial charge < -0.3 is 15.7 Å². The molecule has 1 amide bonds. The fraction of sp³-hybridized carbons (Fsp3) is 0.857. The average Bonchev–Trinajstić information content (AvgIpc) is 2.43. The molecule has 0 aromatic rings. The number of hydrogen-bond acceptors (Lipinski definition) is 4. The molecule has 0 bridgehead atoms. The summed E-state index contributed by atoms with van der Waals surface area (Å²) in [6, 6.07) is 0. The van der Waals surface area contributed by atoms with E-state index in [0.29, 0.717) is 38.5 Å². The van der Waals surface area contributed by atoms with E-state index in [1.165, 1.54) is 0 Å². The third kappa shape index (κ3) is 6.34. The molecule has 1 rings (SSSR count). The zero-order chi connectivity index (χ0) is 15.0. The molecule has 0 spiro atoms. The highest BCUT2D eigenvalue weighted by Gasteiger charge is 2.21. The lowest BCUT2D eigenvalue weighted by atomic mass is 10.0. The van der Waals surface area contributed by atoms with Crippen molar-refractivity contribution in [3.8, 4) is 0 Å². The molecule has 1 aliphatic rings. The summed E-state index contributed by atoms with van der Waals surface area (Å²) in [7, 11) is 0. The molecule has 0 aromatic heterocycles. The third-order valence-corrected chi connectivity index (χ3v) is 3.88. The van der Waals surface area contributed by atoms with Crippen LogP contribution in [0.1, 0.15) is 32.6 Å². The van der Waals surface area contributed by atoms with E-state index in [9.17, 15) is 9.59 Å². The van der Waals surface area contributed by atoms with E-state index in [0.717, 1.165) is 25.9 Å². The molecule has 1 saturated heterocycles. The number of carboxylic acid groups (broad SMARTS) is 1. The van der Waals surface area contributed by atoms with Crippen molar-refractivity contribution in [1.82, 2.24) is 9.80 Å². The van der Waals surface area contributed by atoms with Gasteiger partial charge in [-0.15, -0.1) is 0 Å². The van der Waals surface area contributed by atoms with Crippen LogP contribution >= 0.6 is 0 Å². The number of nitrogens with two attached hydrogens (primary N) is 1. The van der Waals surface area contributed by atoms with E-state index in [1.54, 1.807) is 0 Å². The van der Waals surface area contributed by atoms with Gasteiger partial charge in [0.25, 0.3) is 0 Å². The second kappa shape index (κ2) is 8.92. The number of carbonyl (C=O) groups is 2. The first-order chi connectivity index (χ1) is 9.52. The topological polar surface area (TPSA) is 86.9 Å². The van der Waals surface area contributed by atoms with Crippen LogP contribution in [0.15, 0.2) is 0 Å². The summed E-state index contributed by atoms with van der Waals surface area (Å²) >= 11 is 0. The van der Waals surface area contributed by atoms with Gasteiger partial charge in [0.1, 0.15) is 0 Å². The maximum Gasteiger partial charge on any atom is 0.304 e. The van der Waals surface area contributed by atoms with E-state index in [2.05, 4.69) is 11.8 Å². The van der Waals surface area contributed by atoms with E-state index < -0.39 is 5.97 Å². The summed E-state index contributed by atoms with van der Waals surface area (Å²) in [5.41, 5.74) is 5.50. The third-order valence-electron chi connectivity index (χ3n) is 3.88. The van der Waals surface area contributed by atoms with Gasteiger partial charge in [0, 0.05) is 39.1 Å². The number of rotatable bonds is 8. The van der Waals surface area contributed by atoms with Gasteiger partial charge in [0.2, 0.25) is 5.91 Å². The lowest BCUT2D eigenvalue weighted by molar-refractivity contribution is -0.138. The predicted molar refractivity (Wildman–Crippen MR) is 77.3 cm³/mol. The minimum Gasteiger partial charge on any atom is -0.481 e. The van der Waals surface area contributed by atoms with Crippen molar-refractivity contribution < 1.29 is 14.7 Å². The summed E-state index contributed by atoms with van der Waals surface area (Å²) in [6.07, 6.45) is 2.63. The predicted octanol–water partition coefficient (Wildman–Crippen LogP) is 0.370. The highest BCUT2D eigenvalue weighted by molar-refractivity contribution is 5.76. The van der Waals surface area contributed by atoms with Crippen LogP contribution in [0, 0.1) is 5.92 Å². The molecule has 0 aromatic carbocycles. The largest absolute Gasteiger partial charge is 0.481 e. The van der Waals surface area contributed by atoms with E-state index in [1.807, 2.05) is 4.90 Å². The molecule has 0 saturated carbocycles. The van der Waals surface area contributed by atoms with Gasteiger partial charge >= 0.3 is 5.97 Å². The SMILES string of the molecule is CC(CCN)CCC(=O)N1CCN(CCC(=O)O)CC1. The second-order valence-electron chi connectivity index (χ2n) is 5.59. The zero-order valence-electron chi connectivity index (χ0n) is 12.4. The minimum atomic E-state index is -0.766. The van der Waals surface area contributed by atoms with Crippen LogP contribution in [0.5, 0.6) is 0 Å². The average molecular weight is 285 g/mol. The maximum absolute atomic E-state index is 12.1. The Morgan fingerprint density at radius 2 is 1.80 bits per heavy atom. The van der Waals surface area contributed by atoms with Gasteiger partial charge in [-0.3, -0.25) is 14.5 Å². The standard InChI is InChI=1S/C14H27N3O3/c1-12(4-6-15)2-3-13(18)17-10-8-16(9-11-17)7-5-14(19)20/h12H,2-11,15H2,1H3,(H,19,20). The maximum atomic E-state index is 12.1. The number of nitrogens with zero attached hydrogens (tertiary/aromatic N) is 2. The number of aliphatic carboxylic acids is 1. The van der Waals surface area contributed by atoms with E-state index in [-0.39, 0.29) is 12.3 Å². The Bertz CT molecular complexity index is 315. The van der Waals surface area contributed by atoms with Gasteiger partial charge in [-0.2, -0.15) is 0 Å².